The molecule has 7 rings (SSSR count). The maximum atomic E-state index is 14.2. The lowest BCUT2D eigenvalue weighted by atomic mass is 9.43. The Labute approximate surface area is 238 Å². The highest BCUT2D eigenvalue weighted by molar-refractivity contribution is 6.48. The molecule has 1 aromatic carbocycles. The van der Waals surface area contributed by atoms with Gasteiger partial charge in [-0.25, -0.2) is 0 Å². The average Bonchev–Trinajstić information content (AvgIpc) is 3.60. The smallest absolute Gasteiger partial charge is 0.410 e. The van der Waals surface area contributed by atoms with Crippen molar-refractivity contribution in [3.05, 3.63) is 47.7 Å². The number of benzene rings is 1. The van der Waals surface area contributed by atoms with Crippen LogP contribution in [-0.2, 0) is 30.2 Å². The van der Waals surface area contributed by atoms with Crippen LogP contribution in [0.15, 0.2) is 47.3 Å². The van der Waals surface area contributed by atoms with Crippen LogP contribution < -0.4 is 5.32 Å². The van der Waals surface area contributed by atoms with Gasteiger partial charge in [0.15, 0.2) is 0 Å². The number of rotatable bonds is 9. The zero-order valence-electron chi connectivity index (χ0n) is 24.8. The van der Waals surface area contributed by atoms with Crippen molar-refractivity contribution >= 4 is 18.7 Å². The first-order valence-corrected chi connectivity index (χ1v) is 15.0. The average molecular weight is 550 g/mol. The van der Waals surface area contributed by atoms with E-state index in [-0.39, 0.29) is 29.0 Å². The van der Waals surface area contributed by atoms with E-state index in [1.54, 1.807) is 0 Å². The van der Waals surface area contributed by atoms with E-state index in [1.807, 2.05) is 48.4 Å². The van der Waals surface area contributed by atoms with Crippen molar-refractivity contribution in [3.63, 3.8) is 0 Å². The summed E-state index contributed by atoms with van der Waals surface area (Å²) < 4.78 is 13.4. The minimum Gasteiger partial charge on any atom is -0.410 e. The second-order valence-electron chi connectivity index (χ2n) is 13.9. The molecule has 6 atom stereocenters. The van der Waals surface area contributed by atoms with E-state index in [1.165, 1.54) is 6.42 Å². The Bertz CT molecular complexity index is 1190. The van der Waals surface area contributed by atoms with Crippen molar-refractivity contribution in [2.45, 2.75) is 96.9 Å². The fraction of sp³-hybridized carbons (Fsp3) is 0.677. The molecule has 3 heterocycles. The Morgan fingerprint density at radius 2 is 1.98 bits per heavy atom. The van der Waals surface area contributed by atoms with Crippen LogP contribution in [0, 0.1) is 23.2 Å². The van der Waals surface area contributed by atoms with Crippen LogP contribution in [0.4, 0.5) is 0 Å². The summed E-state index contributed by atoms with van der Waals surface area (Å²) in [6.45, 7) is 14.4. The molecule has 1 saturated heterocycles. The molecular formula is C31H44BN3O5. The summed E-state index contributed by atoms with van der Waals surface area (Å²) >= 11 is 0. The van der Waals surface area contributed by atoms with Gasteiger partial charge in [0.25, 0.3) is 5.91 Å². The maximum Gasteiger partial charge on any atom is 0.481 e. The minimum absolute atomic E-state index is 0.0642. The molecule has 3 saturated carbocycles. The molecule has 0 spiro atoms. The first-order chi connectivity index (χ1) is 19.0. The SMILES string of the molecule is CC1=CCN(CC2=NOC(Cc3ccccc3)(C(=O)N[C@@H](CC(C)C)B3O[C@@H]4C[C@@H]5C[C@@H](C5(C)C)[C@]4(C)O3)C2)O1. The summed E-state index contributed by atoms with van der Waals surface area (Å²) in [6, 6.07) is 10.0. The molecule has 9 heteroatoms. The van der Waals surface area contributed by atoms with Gasteiger partial charge in [0, 0.05) is 12.8 Å². The van der Waals surface area contributed by atoms with Crippen LogP contribution in [-0.4, -0.2) is 60.1 Å². The summed E-state index contributed by atoms with van der Waals surface area (Å²) in [6.07, 6.45) is 5.87. The van der Waals surface area contributed by atoms with E-state index in [2.05, 4.69) is 45.1 Å². The van der Waals surface area contributed by atoms with Gasteiger partial charge in [-0.15, -0.1) is 5.06 Å². The number of hydrogen-bond donors (Lipinski definition) is 1. The number of allylic oxidation sites excluding steroid dienone is 1. The molecule has 3 aliphatic heterocycles. The van der Waals surface area contributed by atoms with Gasteiger partial charge in [-0.05, 0) is 67.9 Å². The first kappa shape index (κ1) is 27.8. The van der Waals surface area contributed by atoms with E-state index in [0.717, 1.165) is 29.9 Å². The number of nitrogens with one attached hydrogen (secondary N) is 1. The topological polar surface area (TPSA) is 81.6 Å². The number of carbonyl (C=O) groups excluding carboxylic acids is 1. The van der Waals surface area contributed by atoms with Gasteiger partial charge >= 0.3 is 7.12 Å². The van der Waals surface area contributed by atoms with Crippen LogP contribution in [0.3, 0.4) is 0 Å². The molecule has 6 aliphatic rings. The fourth-order valence-electron chi connectivity index (χ4n) is 7.78. The number of hydroxylamine groups is 2. The molecule has 4 fully saturated rings. The first-order valence-electron chi connectivity index (χ1n) is 15.0. The lowest BCUT2D eigenvalue weighted by molar-refractivity contribution is -0.199. The lowest BCUT2D eigenvalue weighted by Gasteiger charge is -2.64. The third kappa shape index (κ3) is 4.88. The van der Waals surface area contributed by atoms with Crippen LogP contribution in [0.5, 0.6) is 0 Å². The molecule has 216 valence electrons. The third-order valence-electron chi connectivity index (χ3n) is 10.1. The highest BCUT2D eigenvalue weighted by Crippen LogP contribution is 2.65. The Balaban J connectivity index is 1.20. The number of oxime groups is 1. The molecule has 0 aromatic heterocycles. The largest absolute Gasteiger partial charge is 0.481 e. The van der Waals surface area contributed by atoms with Crippen LogP contribution in [0.2, 0.25) is 0 Å². The van der Waals surface area contributed by atoms with Gasteiger partial charge < -0.3 is 24.3 Å². The summed E-state index contributed by atoms with van der Waals surface area (Å²) in [5, 5.41) is 9.60. The van der Waals surface area contributed by atoms with Crippen molar-refractivity contribution in [2.24, 2.45) is 28.3 Å². The van der Waals surface area contributed by atoms with Gasteiger partial charge in [-0.1, -0.05) is 63.2 Å². The number of hydrogen-bond acceptors (Lipinski definition) is 7. The summed E-state index contributed by atoms with van der Waals surface area (Å²) in [5.74, 6) is 1.90. The van der Waals surface area contributed by atoms with Crippen molar-refractivity contribution in [1.82, 2.24) is 10.4 Å². The molecule has 1 aromatic rings. The third-order valence-corrected chi connectivity index (χ3v) is 10.1. The van der Waals surface area contributed by atoms with E-state index in [4.69, 9.17) is 19.0 Å². The second kappa shape index (κ2) is 10.2. The van der Waals surface area contributed by atoms with Gasteiger partial charge in [-0.3, -0.25) is 4.79 Å². The normalized spacial score (nSPS) is 34.9. The molecule has 2 bridgehead atoms. The molecule has 1 amide bonds. The summed E-state index contributed by atoms with van der Waals surface area (Å²) in [7, 11) is -0.487. The van der Waals surface area contributed by atoms with Crippen LogP contribution >= 0.6 is 0 Å². The number of nitrogens with zero attached hydrogens (tertiary/aromatic N) is 2. The lowest BCUT2D eigenvalue weighted by Crippen LogP contribution is -2.65. The fourth-order valence-corrected chi connectivity index (χ4v) is 7.78. The zero-order valence-corrected chi connectivity index (χ0v) is 24.8. The monoisotopic (exact) mass is 549 g/mol. The summed E-state index contributed by atoms with van der Waals surface area (Å²) in [4.78, 5) is 26.1. The minimum atomic E-state index is -1.15. The highest BCUT2D eigenvalue weighted by Gasteiger charge is 2.68. The van der Waals surface area contributed by atoms with Crippen molar-refractivity contribution in [3.8, 4) is 0 Å². The van der Waals surface area contributed by atoms with Crippen molar-refractivity contribution < 1.29 is 23.8 Å². The van der Waals surface area contributed by atoms with Crippen molar-refractivity contribution in [2.75, 3.05) is 13.1 Å². The van der Waals surface area contributed by atoms with Gasteiger partial charge in [-0.2, -0.15) is 0 Å². The number of amides is 1. The molecule has 8 nitrogen and oxygen atoms in total. The highest BCUT2D eigenvalue weighted by atomic mass is 16.7. The van der Waals surface area contributed by atoms with Gasteiger partial charge in [0.2, 0.25) is 5.60 Å². The van der Waals surface area contributed by atoms with Gasteiger partial charge in [0.05, 0.1) is 36.4 Å². The predicted molar refractivity (Wildman–Crippen MR) is 154 cm³/mol. The van der Waals surface area contributed by atoms with E-state index < -0.39 is 12.7 Å². The molecular weight excluding hydrogens is 505 g/mol. The Hall–Kier alpha value is -2.36. The Morgan fingerprint density at radius 3 is 2.65 bits per heavy atom. The van der Waals surface area contributed by atoms with E-state index in [0.29, 0.717) is 43.7 Å². The Kier molecular flexibility index (Phi) is 7.07. The quantitative estimate of drug-likeness (QED) is 0.450. The number of carbonyl (C=O) groups is 1. The molecule has 3 aliphatic carbocycles. The second-order valence-corrected chi connectivity index (χ2v) is 13.9. The standard InChI is InChI=1S/C31H44BN3O5/c1-20(2)14-27(32-37-26-16-23-15-25(29(23,4)5)30(26,6)39-32)33-28(36)31(17-22-10-8-7-9-11-22)18-24(34-40-31)19-35-13-12-21(3)38-35/h7-12,20,23,25-27H,13-19H2,1-6H3,(H,33,36)/t23-,25-,26+,27-,30-,31?/m0/s1. The molecule has 1 unspecified atom stereocenters. The summed E-state index contributed by atoms with van der Waals surface area (Å²) in [5.41, 5.74) is 0.611. The zero-order chi connectivity index (χ0) is 28.3. The van der Waals surface area contributed by atoms with Crippen molar-refractivity contribution in [1.29, 1.82) is 0 Å². The van der Waals surface area contributed by atoms with Crippen LogP contribution in [0.1, 0.15) is 72.8 Å². The molecule has 40 heavy (non-hydrogen) atoms. The predicted octanol–water partition coefficient (Wildman–Crippen LogP) is 4.69. The van der Waals surface area contributed by atoms with Crippen LogP contribution in [0.25, 0.3) is 0 Å². The Morgan fingerprint density at radius 1 is 1.20 bits per heavy atom. The maximum absolute atomic E-state index is 14.2. The van der Waals surface area contributed by atoms with Gasteiger partial charge in [0.1, 0.15) is 5.76 Å². The van der Waals surface area contributed by atoms with E-state index >= 15 is 0 Å². The van der Waals surface area contributed by atoms with E-state index in [9.17, 15) is 4.79 Å². The molecule has 0 radical (unpaired) electrons. The molecule has 1 N–H and O–H groups in total.